The van der Waals surface area contributed by atoms with Gasteiger partial charge in [0.15, 0.2) is 0 Å². The third-order valence-electron chi connectivity index (χ3n) is 3.99. The zero-order chi connectivity index (χ0) is 15.5. The third kappa shape index (κ3) is 2.95. The zero-order valence-corrected chi connectivity index (χ0v) is 13.6. The Labute approximate surface area is 134 Å². The number of carbonyl (C=O) groups is 1. The number of amides is 1. The Balaban J connectivity index is 1.74. The first-order valence-corrected chi connectivity index (χ1v) is 8.13. The molecule has 1 aliphatic heterocycles. The van der Waals surface area contributed by atoms with Crippen molar-refractivity contribution >= 4 is 17.2 Å². The van der Waals surface area contributed by atoms with E-state index < -0.39 is 0 Å². The van der Waals surface area contributed by atoms with Crippen LogP contribution in [0.1, 0.15) is 16.0 Å². The quantitative estimate of drug-likeness (QED) is 0.870. The van der Waals surface area contributed by atoms with E-state index in [0.717, 1.165) is 30.0 Å². The number of carbonyl (C=O) groups excluding carboxylic acids is 1. The molecule has 2 heterocycles. The van der Waals surface area contributed by atoms with E-state index >= 15 is 0 Å². The van der Waals surface area contributed by atoms with Gasteiger partial charge in [-0.1, -0.05) is 0 Å². The van der Waals surface area contributed by atoms with Crippen molar-refractivity contribution < 1.29 is 14.3 Å². The van der Waals surface area contributed by atoms with E-state index in [1.807, 2.05) is 23.1 Å². The first-order chi connectivity index (χ1) is 10.7. The smallest absolute Gasteiger partial charge is 0.227 e. The summed E-state index contributed by atoms with van der Waals surface area (Å²) in [5, 5.41) is 2.10. The number of ether oxygens (including phenoxy) is 2. The average Bonchev–Trinajstić information content (AvgIpc) is 3.02. The van der Waals surface area contributed by atoms with Crippen LogP contribution < -0.4 is 9.47 Å². The van der Waals surface area contributed by atoms with Gasteiger partial charge in [-0.15, -0.1) is 11.3 Å². The van der Waals surface area contributed by atoms with Gasteiger partial charge in [0.2, 0.25) is 5.91 Å². The predicted molar refractivity (Wildman–Crippen MR) is 86.7 cm³/mol. The standard InChI is InChI=1S/C17H19NO3S/c1-20-14-3-4-15(21-2)13(9-14)10-17(19)18-7-5-16-12(11-18)6-8-22-16/h3-4,6,8-9H,5,7,10-11H2,1-2H3. The number of hydrogen-bond acceptors (Lipinski definition) is 4. The van der Waals surface area contributed by atoms with Crippen LogP contribution in [-0.2, 0) is 24.2 Å². The lowest BCUT2D eigenvalue weighted by Crippen LogP contribution is -2.36. The Bertz CT molecular complexity index is 680. The molecule has 22 heavy (non-hydrogen) atoms. The monoisotopic (exact) mass is 317 g/mol. The maximum absolute atomic E-state index is 12.6. The Morgan fingerprint density at radius 2 is 2.14 bits per heavy atom. The van der Waals surface area contributed by atoms with Crippen molar-refractivity contribution in [3.63, 3.8) is 0 Å². The molecule has 2 aromatic rings. The topological polar surface area (TPSA) is 38.8 Å². The first-order valence-electron chi connectivity index (χ1n) is 7.25. The molecule has 1 aromatic carbocycles. The van der Waals surface area contributed by atoms with Crippen LogP contribution in [0.5, 0.6) is 11.5 Å². The molecule has 1 amide bonds. The molecule has 0 radical (unpaired) electrons. The Hall–Kier alpha value is -2.01. The summed E-state index contributed by atoms with van der Waals surface area (Å²) in [6, 6.07) is 7.67. The van der Waals surface area contributed by atoms with Crippen molar-refractivity contribution in [3.8, 4) is 11.5 Å². The molecular weight excluding hydrogens is 298 g/mol. The molecule has 0 N–H and O–H groups in total. The lowest BCUT2D eigenvalue weighted by molar-refractivity contribution is -0.131. The van der Waals surface area contributed by atoms with Crippen LogP contribution in [0, 0.1) is 0 Å². The molecule has 0 bridgehead atoms. The van der Waals surface area contributed by atoms with E-state index in [-0.39, 0.29) is 5.91 Å². The number of thiophene rings is 1. The van der Waals surface area contributed by atoms with Crippen LogP contribution in [0.3, 0.4) is 0 Å². The Morgan fingerprint density at radius 1 is 1.27 bits per heavy atom. The Kier molecular flexibility index (Phi) is 4.34. The highest BCUT2D eigenvalue weighted by atomic mass is 32.1. The minimum atomic E-state index is 0.128. The van der Waals surface area contributed by atoms with Gasteiger partial charge in [-0.05, 0) is 41.6 Å². The molecule has 0 aliphatic carbocycles. The fourth-order valence-corrected chi connectivity index (χ4v) is 3.65. The summed E-state index contributed by atoms with van der Waals surface area (Å²) in [6.45, 7) is 1.50. The highest BCUT2D eigenvalue weighted by Gasteiger charge is 2.22. The van der Waals surface area contributed by atoms with Crippen molar-refractivity contribution in [1.29, 1.82) is 0 Å². The molecule has 0 spiro atoms. The van der Waals surface area contributed by atoms with Crippen molar-refractivity contribution in [2.75, 3.05) is 20.8 Å². The van der Waals surface area contributed by atoms with Gasteiger partial charge in [0.25, 0.3) is 0 Å². The van der Waals surface area contributed by atoms with E-state index in [9.17, 15) is 4.79 Å². The highest BCUT2D eigenvalue weighted by molar-refractivity contribution is 7.10. The number of nitrogens with zero attached hydrogens (tertiary/aromatic N) is 1. The minimum Gasteiger partial charge on any atom is -0.497 e. The summed E-state index contributed by atoms with van der Waals surface area (Å²) >= 11 is 1.78. The summed E-state index contributed by atoms with van der Waals surface area (Å²) in [4.78, 5) is 15.9. The minimum absolute atomic E-state index is 0.128. The molecule has 0 saturated heterocycles. The fraction of sp³-hybridized carbons (Fsp3) is 0.353. The summed E-state index contributed by atoms with van der Waals surface area (Å²) < 4.78 is 10.6. The molecule has 116 valence electrons. The van der Waals surface area contributed by atoms with E-state index in [4.69, 9.17) is 9.47 Å². The van der Waals surface area contributed by atoms with E-state index in [1.54, 1.807) is 25.6 Å². The van der Waals surface area contributed by atoms with Crippen molar-refractivity contribution in [1.82, 2.24) is 4.90 Å². The molecule has 0 unspecified atom stereocenters. The third-order valence-corrected chi connectivity index (χ3v) is 5.01. The van der Waals surface area contributed by atoms with Gasteiger partial charge >= 0.3 is 0 Å². The lowest BCUT2D eigenvalue weighted by atomic mass is 10.1. The van der Waals surface area contributed by atoms with Crippen LogP contribution in [0.2, 0.25) is 0 Å². The number of benzene rings is 1. The molecule has 4 nitrogen and oxygen atoms in total. The lowest BCUT2D eigenvalue weighted by Gasteiger charge is -2.27. The molecule has 0 fully saturated rings. The maximum Gasteiger partial charge on any atom is 0.227 e. The second-order valence-electron chi connectivity index (χ2n) is 5.29. The van der Waals surface area contributed by atoms with Crippen LogP contribution in [0.25, 0.3) is 0 Å². The number of fused-ring (bicyclic) bond motifs is 1. The van der Waals surface area contributed by atoms with E-state index in [0.29, 0.717) is 13.0 Å². The molecule has 3 rings (SSSR count). The van der Waals surface area contributed by atoms with Gasteiger partial charge in [0, 0.05) is 23.5 Å². The summed E-state index contributed by atoms with van der Waals surface area (Å²) in [7, 11) is 3.24. The van der Waals surface area contributed by atoms with Crippen molar-refractivity contribution in [3.05, 3.63) is 45.6 Å². The fourth-order valence-electron chi connectivity index (χ4n) is 2.76. The van der Waals surface area contributed by atoms with Crippen LogP contribution in [0.15, 0.2) is 29.6 Å². The van der Waals surface area contributed by atoms with Gasteiger partial charge in [0.05, 0.1) is 20.6 Å². The predicted octanol–water partition coefficient (Wildman–Crippen LogP) is 2.89. The summed E-state index contributed by atoms with van der Waals surface area (Å²) in [5.41, 5.74) is 2.14. The second kappa shape index (κ2) is 6.40. The summed E-state index contributed by atoms with van der Waals surface area (Å²) in [6.07, 6.45) is 1.29. The van der Waals surface area contributed by atoms with Crippen LogP contribution in [-0.4, -0.2) is 31.6 Å². The second-order valence-corrected chi connectivity index (χ2v) is 6.29. The van der Waals surface area contributed by atoms with Crippen molar-refractivity contribution in [2.24, 2.45) is 0 Å². The van der Waals surface area contributed by atoms with Gasteiger partial charge in [-0.3, -0.25) is 4.79 Å². The maximum atomic E-state index is 12.6. The average molecular weight is 317 g/mol. The van der Waals surface area contributed by atoms with Gasteiger partial charge < -0.3 is 14.4 Å². The van der Waals surface area contributed by atoms with Gasteiger partial charge in [-0.25, -0.2) is 0 Å². The molecule has 0 atom stereocenters. The number of hydrogen-bond donors (Lipinski definition) is 0. The summed E-state index contributed by atoms with van der Waals surface area (Å²) in [5.74, 6) is 1.59. The normalized spacial score (nSPS) is 13.6. The molecule has 1 aromatic heterocycles. The Morgan fingerprint density at radius 3 is 2.91 bits per heavy atom. The highest BCUT2D eigenvalue weighted by Crippen LogP contribution is 2.27. The van der Waals surface area contributed by atoms with Gasteiger partial charge in [-0.2, -0.15) is 0 Å². The molecular formula is C17H19NO3S. The SMILES string of the molecule is COc1ccc(OC)c(CC(=O)N2CCc3sccc3C2)c1. The van der Waals surface area contributed by atoms with Crippen LogP contribution >= 0.6 is 11.3 Å². The van der Waals surface area contributed by atoms with E-state index in [2.05, 4.69) is 11.4 Å². The van der Waals surface area contributed by atoms with E-state index in [1.165, 1.54) is 10.4 Å². The van der Waals surface area contributed by atoms with Gasteiger partial charge in [0.1, 0.15) is 11.5 Å². The number of rotatable bonds is 4. The number of methoxy groups -OCH3 is 2. The van der Waals surface area contributed by atoms with Crippen LogP contribution in [0.4, 0.5) is 0 Å². The first kappa shape index (κ1) is 14.9. The molecule has 5 heteroatoms. The molecule has 1 aliphatic rings. The van der Waals surface area contributed by atoms with Crippen molar-refractivity contribution in [2.45, 2.75) is 19.4 Å². The molecule has 0 saturated carbocycles. The zero-order valence-electron chi connectivity index (χ0n) is 12.8. The largest absolute Gasteiger partial charge is 0.497 e.